The molecule has 1 aliphatic rings. The van der Waals surface area contributed by atoms with Gasteiger partial charge in [-0.15, -0.1) is 0 Å². The van der Waals surface area contributed by atoms with E-state index in [1.807, 2.05) is 30.3 Å². The highest BCUT2D eigenvalue weighted by atomic mass is 16.5. The van der Waals surface area contributed by atoms with Crippen LogP contribution in [0.15, 0.2) is 30.3 Å². The Labute approximate surface area is 106 Å². The van der Waals surface area contributed by atoms with Crippen molar-refractivity contribution in [1.82, 2.24) is 10.6 Å². The van der Waals surface area contributed by atoms with Crippen molar-refractivity contribution in [2.24, 2.45) is 0 Å². The molecule has 1 aromatic carbocycles. The molecular weight excluding hydrogens is 232 g/mol. The molecule has 98 valence electrons. The van der Waals surface area contributed by atoms with Gasteiger partial charge in [0, 0.05) is 19.6 Å². The first-order valence-corrected chi connectivity index (χ1v) is 6.04. The van der Waals surface area contributed by atoms with Gasteiger partial charge in [-0.25, -0.2) is 4.79 Å². The summed E-state index contributed by atoms with van der Waals surface area (Å²) in [6.45, 7) is 1.52. The maximum Gasteiger partial charge on any atom is 0.315 e. The monoisotopic (exact) mass is 250 g/mol. The highest BCUT2D eigenvalue weighted by Gasteiger charge is 2.32. The Hall–Kier alpha value is -1.59. The number of urea groups is 1. The fraction of sp³-hybridized carbons (Fsp3) is 0.462. The van der Waals surface area contributed by atoms with Crippen molar-refractivity contribution < 1.29 is 14.6 Å². The minimum Gasteiger partial charge on any atom is -0.386 e. The Bertz CT molecular complexity index is 388. The van der Waals surface area contributed by atoms with E-state index < -0.39 is 5.60 Å². The van der Waals surface area contributed by atoms with Crippen LogP contribution in [0.4, 0.5) is 4.79 Å². The molecule has 2 amide bonds. The van der Waals surface area contributed by atoms with Gasteiger partial charge in [0.2, 0.25) is 0 Å². The quantitative estimate of drug-likeness (QED) is 0.734. The van der Waals surface area contributed by atoms with Crippen LogP contribution in [-0.2, 0) is 11.3 Å². The third kappa shape index (κ3) is 3.72. The summed E-state index contributed by atoms with van der Waals surface area (Å²) in [5.74, 6) is 0. The smallest absolute Gasteiger partial charge is 0.315 e. The van der Waals surface area contributed by atoms with Gasteiger partial charge in [0.15, 0.2) is 0 Å². The zero-order valence-electron chi connectivity index (χ0n) is 10.2. The largest absolute Gasteiger partial charge is 0.386 e. The number of carbonyl (C=O) groups excluding carboxylic acids is 1. The summed E-state index contributed by atoms with van der Waals surface area (Å²) in [5.41, 5.74) is 0.125. The summed E-state index contributed by atoms with van der Waals surface area (Å²) < 4.78 is 5.10. The van der Waals surface area contributed by atoms with Crippen molar-refractivity contribution in [3.05, 3.63) is 35.9 Å². The Kier molecular flexibility index (Phi) is 4.17. The molecule has 3 N–H and O–H groups in total. The van der Waals surface area contributed by atoms with Crippen LogP contribution in [0.2, 0.25) is 0 Å². The molecule has 1 aromatic rings. The lowest BCUT2D eigenvalue weighted by atomic mass is 10.0. The first-order chi connectivity index (χ1) is 8.68. The van der Waals surface area contributed by atoms with Gasteiger partial charge in [-0.3, -0.25) is 0 Å². The number of nitrogens with one attached hydrogen (secondary N) is 2. The lowest BCUT2D eigenvalue weighted by molar-refractivity contribution is 0.0292. The first kappa shape index (κ1) is 12.9. The van der Waals surface area contributed by atoms with Crippen LogP contribution in [0.5, 0.6) is 0 Å². The van der Waals surface area contributed by atoms with Crippen molar-refractivity contribution in [3.63, 3.8) is 0 Å². The molecule has 2 rings (SSSR count). The molecule has 5 heteroatoms. The molecule has 1 heterocycles. The minimum absolute atomic E-state index is 0.216. The van der Waals surface area contributed by atoms with Gasteiger partial charge < -0.3 is 20.5 Å². The van der Waals surface area contributed by atoms with Crippen LogP contribution in [0.25, 0.3) is 0 Å². The highest BCUT2D eigenvalue weighted by Crippen LogP contribution is 2.16. The average Bonchev–Trinajstić information content (AvgIpc) is 2.83. The van der Waals surface area contributed by atoms with Gasteiger partial charge in [-0.1, -0.05) is 30.3 Å². The van der Waals surface area contributed by atoms with E-state index in [2.05, 4.69) is 10.6 Å². The van der Waals surface area contributed by atoms with Crippen LogP contribution < -0.4 is 10.6 Å². The van der Waals surface area contributed by atoms with Gasteiger partial charge in [0.05, 0.1) is 13.2 Å². The number of hydrogen-bond acceptors (Lipinski definition) is 3. The molecule has 1 saturated heterocycles. The number of benzene rings is 1. The average molecular weight is 250 g/mol. The third-order valence-electron chi connectivity index (χ3n) is 2.96. The number of carbonyl (C=O) groups is 1. The van der Waals surface area contributed by atoms with Crippen LogP contribution >= 0.6 is 0 Å². The Balaban J connectivity index is 1.69. The summed E-state index contributed by atoms with van der Waals surface area (Å²) >= 11 is 0. The predicted octanol–water partition coefficient (Wildman–Crippen LogP) is 0.637. The zero-order chi connectivity index (χ0) is 12.8. The maximum atomic E-state index is 11.5. The Morgan fingerprint density at radius 1 is 1.33 bits per heavy atom. The topological polar surface area (TPSA) is 70.6 Å². The summed E-state index contributed by atoms with van der Waals surface area (Å²) in [6, 6.07) is 9.39. The van der Waals surface area contributed by atoms with Crippen molar-refractivity contribution in [2.45, 2.75) is 18.6 Å². The van der Waals surface area contributed by atoms with Crippen molar-refractivity contribution in [3.8, 4) is 0 Å². The summed E-state index contributed by atoms with van der Waals surface area (Å²) in [6.07, 6.45) is 0.561. The van der Waals surface area contributed by atoms with Gasteiger partial charge in [-0.05, 0) is 5.56 Å². The fourth-order valence-corrected chi connectivity index (χ4v) is 1.82. The molecule has 0 radical (unpaired) electrons. The summed E-state index contributed by atoms with van der Waals surface area (Å²) in [5, 5.41) is 15.4. The second-order valence-electron chi connectivity index (χ2n) is 4.55. The van der Waals surface area contributed by atoms with E-state index in [0.29, 0.717) is 19.6 Å². The lowest BCUT2D eigenvalue weighted by Gasteiger charge is -2.20. The van der Waals surface area contributed by atoms with E-state index in [9.17, 15) is 9.90 Å². The van der Waals surface area contributed by atoms with E-state index in [-0.39, 0.29) is 19.2 Å². The standard InChI is InChI=1S/C13H18N2O3/c16-12(14-8-11-4-2-1-3-5-11)15-9-13(17)6-7-18-10-13/h1-5,17H,6-10H2,(H2,14,15,16)/t13-/m1/s1. The normalized spacial score (nSPS) is 22.7. The Morgan fingerprint density at radius 2 is 2.11 bits per heavy atom. The lowest BCUT2D eigenvalue weighted by Crippen LogP contribution is -2.46. The molecule has 5 nitrogen and oxygen atoms in total. The van der Waals surface area contributed by atoms with Gasteiger partial charge >= 0.3 is 6.03 Å². The Morgan fingerprint density at radius 3 is 2.78 bits per heavy atom. The molecule has 1 fully saturated rings. The number of rotatable bonds is 4. The van der Waals surface area contributed by atoms with Crippen LogP contribution in [0.1, 0.15) is 12.0 Å². The van der Waals surface area contributed by atoms with Crippen molar-refractivity contribution in [2.75, 3.05) is 19.8 Å². The molecule has 0 aromatic heterocycles. The minimum atomic E-state index is -0.913. The fourth-order valence-electron chi connectivity index (χ4n) is 1.82. The maximum absolute atomic E-state index is 11.5. The molecule has 0 unspecified atom stereocenters. The highest BCUT2D eigenvalue weighted by molar-refractivity contribution is 5.73. The van der Waals surface area contributed by atoms with E-state index in [0.717, 1.165) is 5.56 Å². The molecule has 0 saturated carbocycles. The molecule has 0 bridgehead atoms. The van der Waals surface area contributed by atoms with Gasteiger partial charge in [0.25, 0.3) is 0 Å². The predicted molar refractivity (Wildman–Crippen MR) is 67.1 cm³/mol. The second-order valence-corrected chi connectivity index (χ2v) is 4.55. The number of hydrogen-bond donors (Lipinski definition) is 3. The van der Waals surface area contributed by atoms with Crippen molar-refractivity contribution in [1.29, 1.82) is 0 Å². The summed E-state index contributed by atoms with van der Waals surface area (Å²) in [4.78, 5) is 11.5. The SMILES string of the molecule is O=C(NCc1ccccc1)NC[C@]1(O)CCOC1. The second kappa shape index (κ2) is 5.84. The van der Waals surface area contributed by atoms with Gasteiger partial charge in [0.1, 0.15) is 5.60 Å². The molecule has 1 atom stereocenters. The summed E-state index contributed by atoms with van der Waals surface area (Å²) in [7, 11) is 0. The van der Waals surface area contributed by atoms with E-state index in [1.54, 1.807) is 0 Å². The van der Waals surface area contributed by atoms with E-state index in [4.69, 9.17) is 4.74 Å². The first-order valence-electron chi connectivity index (χ1n) is 6.04. The van der Waals surface area contributed by atoms with E-state index >= 15 is 0 Å². The van der Waals surface area contributed by atoms with Crippen LogP contribution in [0.3, 0.4) is 0 Å². The van der Waals surface area contributed by atoms with Crippen LogP contribution in [-0.4, -0.2) is 36.5 Å². The number of aliphatic hydroxyl groups is 1. The molecule has 18 heavy (non-hydrogen) atoms. The third-order valence-corrected chi connectivity index (χ3v) is 2.96. The van der Waals surface area contributed by atoms with Crippen molar-refractivity contribution >= 4 is 6.03 Å². The number of amides is 2. The molecule has 1 aliphatic heterocycles. The molecular formula is C13H18N2O3. The number of ether oxygens (including phenoxy) is 1. The molecule has 0 aliphatic carbocycles. The zero-order valence-corrected chi connectivity index (χ0v) is 10.2. The van der Waals surface area contributed by atoms with Gasteiger partial charge in [-0.2, -0.15) is 0 Å². The van der Waals surface area contributed by atoms with Crippen LogP contribution in [0, 0.1) is 0 Å². The van der Waals surface area contributed by atoms with E-state index in [1.165, 1.54) is 0 Å². The molecule has 0 spiro atoms.